The number of ether oxygens (including phenoxy) is 1. The molecule has 1 amide bonds. The Morgan fingerprint density at radius 2 is 1.81 bits per heavy atom. The van der Waals surface area contributed by atoms with Gasteiger partial charge < -0.3 is 15.2 Å². The Morgan fingerprint density at radius 3 is 2.44 bits per heavy atom. The Kier molecular flexibility index (Phi) is 4.93. The number of hydrogen-bond donors (Lipinski definition) is 2. The highest BCUT2D eigenvalue weighted by molar-refractivity contribution is 6.30. The lowest BCUT2D eigenvalue weighted by molar-refractivity contribution is -0.196. The van der Waals surface area contributed by atoms with Crippen LogP contribution in [0, 0.1) is 17.3 Å². The van der Waals surface area contributed by atoms with E-state index in [-0.39, 0.29) is 18.5 Å². The van der Waals surface area contributed by atoms with Crippen molar-refractivity contribution in [2.24, 2.45) is 17.3 Å². The number of aliphatic hydroxyl groups is 1. The van der Waals surface area contributed by atoms with E-state index in [4.69, 9.17) is 16.3 Å². The lowest BCUT2D eigenvalue weighted by Crippen LogP contribution is -2.58. The highest BCUT2D eigenvalue weighted by Gasteiger charge is 2.60. The summed E-state index contributed by atoms with van der Waals surface area (Å²) >= 11 is 5.85. The van der Waals surface area contributed by atoms with Crippen molar-refractivity contribution in [2.45, 2.75) is 50.5 Å². The highest BCUT2D eigenvalue weighted by atomic mass is 35.5. The van der Waals surface area contributed by atoms with E-state index in [1.807, 2.05) is 24.3 Å². The predicted octanol–water partition coefficient (Wildman–Crippen LogP) is 2.87. The number of hydrogen-bond acceptors (Lipinski definition) is 4. The van der Waals surface area contributed by atoms with Crippen LogP contribution < -0.4 is 5.32 Å². The van der Waals surface area contributed by atoms with E-state index in [1.54, 1.807) is 0 Å². The van der Waals surface area contributed by atoms with Crippen molar-refractivity contribution < 1.29 is 19.4 Å². The molecule has 5 rings (SSSR count). The fourth-order valence-corrected chi connectivity index (χ4v) is 5.91. The minimum atomic E-state index is -0.704. The second-order valence-electron chi connectivity index (χ2n) is 8.77. The first-order chi connectivity index (χ1) is 12.9. The van der Waals surface area contributed by atoms with Crippen LogP contribution in [-0.2, 0) is 20.7 Å². The highest BCUT2D eigenvalue weighted by Crippen LogP contribution is 2.61. The monoisotopic (exact) mass is 391 g/mol. The van der Waals surface area contributed by atoms with Crippen molar-refractivity contribution in [3.8, 4) is 0 Å². The van der Waals surface area contributed by atoms with Crippen LogP contribution in [-0.4, -0.2) is 35.7 Å². The number of esters is 1. The van der Waals surface area contributed by atoms with Crippen LogP contribution in [0.3, 0.4) is 0 Å². The zero-order chi connectivity index (χ0) is 19.1. The van der Waals surface area contributed by atoms with Crippen molar-refractivity contribution in [2.75, 3.05) is 13.2 Å². The minimum absolute atomic E-state index is 0.255. The number of carbonyl (C=O) groups is 2. The molecule has 0 saturated heterocycles. The number of halogens is 1. The molecule has 146 valence electrons. The molecule has 2 N–H and O–H groups in total. The topological polar surface area (TPSA) is 75.6 Å². The largest absolute Gasteiger partial charge is 0.455 e. The smallest absolute Gasteiger partial charge is 0.312 e. The summed E-state index contributed by atoms with van der Waals surface area (Å²) in [6, 6.07) is 7.48. The fourth-order valence-electron chi connectivity index (χ4n) is 5.79. The first kappa shape index (κ1) is 18.8. The standard InChI is InChI=1S/C21H26ClNO4/c22-17-3-1-14(2-4-17)5-6-23-18(24)12-27-19(25)20-8-15-7-16(9-20)11-21(26,10-15)13-20/h1-4,15-16,26H,5-13H2,(H,23,24)/t15-,16-,20?,21?/m1/s1. The SMILES string of the molecule is O=C(COC(=O)C12C[C@H]3C[C@@H](CC(O)(C3)C1)C2)NCCc1ccc(Cl)cc1. The summed E-state index contributed by atoms with van der Waals surface area (Å²) in [5.41, 5.74) is -0.203. The molecule has 4 saturated carbocycles. The normalized spacial score (nSPS) is 33.7. The van der Waals surface area contributed by atoms with Crippen LogP contribution in [0.1, 0.15) is 44.1 Å². The molecule has 1 aromatic rings. The summed E-state index contributed by atoms with van der Waals surface area (Å²) in [4.78, 5) is 24.8. The Bertz CT molecular complexity index is 718. The van der Waals surface area contributed by atoms with Crippen LogP contribution in [0.5, 0.6) is 0 Å². The summed E-state index contributed by atoms with van der Waals surface area (Å²) < 4.78 is 5.37. The Balaban J connectivity index is 1.24. The first-order valence-electron chi connectivity index (χ1n) is 9.77. The van der Waals surface area contributed by atoms with Gasteiger partial charge in [-0.25, -0.2) is 0 Å². The third-order valence-electron chi connectivity index (χ3n) is 6.45. The van der Waals surface area contributed by atoms with Gasteiger partial charge in [0.15, 0.2) is 6.61 Å². The van der Waals surface area contributed by atoms with Crippen molar-refractivity contribution in [3.05, 3.63) is 34.9 Å². The molecule has 6 heteroatoms. The van der Waals surface area contributed by atoms with Crippen molar-refractivity contribution in [3.63, 3.8) is 0 Å². The molecule has 4 fully saturated rings. The molecular weight excluding hydrogens is 366 g/mol. The number of nitrogens with one attached hydrogen (secondary N) is 1. The zero-order valence-corrected chi connectivity index (χ0v) is 16.1. The molecule has 0 radical (unpaired) electrons. The number of carbonyl (C=O) groups excluding carboxylic acids is 2. The molecule has 4 bridgehead atoms. The lowest BCUT2D eigenvalue weighted by atomic mass is 9.48. The van der Waals surface area contributed by atoms with E-state index in [0.717, 1.165) is 37.7 Å². The molecule has 4 aliphatic carbocycles. The fraction of sp³-hybridized carbons (Fsp3) is 0.619. The minimum Gasteiger partial charge on any atom is -0.455 e. The number of rotatable bonds is 6. The van der Waals surface area contributed by atoms with E-state index >= 15 is 0 Å². The summed E-state index contributed by atoms with van der Waals surface area (Å²) in [5.74, 6) is 0.234. The van der Waals surface area contributed by atoms with Crippen LogP contribution in [0.4, 0.5) is 0 Å². The molecule has 5 nitrogen and oxygen atoms in total. The molecule has 0 aromatic heterocycles. The molecule has 4 aliphatic rings. The van der Waals surface area contributed by atoms with Gasteiger partial charge in [-0.15, -0.1) is 0 Å². The predicted molar refractivity (Wildman–Crippen MR) is 101 cm³/mol. The number of benzene rings is 1. The van der Waals surface area contributed by atoms with Gasteiger partial charge in [-0.1, -0.05) is 23.7 Å². The number of amides is 1. The van der Waals surface area contributed by atoms with Gasteiger partial charge in [-0.05, 0) is 74.5 Å². The molecule has 27 heavy (non-hydrogen) atoms. The van der Waals surface area contributed by atoms with E-state index < -0.39 is 11.0 Å². The summed E-state index contributed by atoms with van der Waals surface area (Å²) in [5, 5.41) is 14.2. The molecule has 1 aromatic carbocycles. The van der Waals surface area contributed by atoms with Crippen LogP contribution in [0.2, 0.25) is 5.02 Å². The van der Waals surface area contributed by atoms with Crippen molar-refractivity contribution in [1.82, 2.24) is 5.32 Å². The van der Waals surface area contributed by atoms with Gasteiger partial charge in [0, 0.05) is 11.6 Å². The van der Waals surface area contributed by atoms with Crippen LogP contribution >= 0.6 is 11.6 Å². The van der Waals surface area contributed by atoms with Crippen molar-refractivity contribution in [1.29, 1.82) is 0 Å². The quantitative estimate of drug-likeness (QED) is 0.731. The maximum absolute atomic E-state index is 12.7. The third-order valence-corrected chi connectivity index (χ3v) is 6.70. The lowest BCUT2D eigenvalue weighted by Gasteiger charge is -2.58. The first-order valence-corrected chi connectivity index (χ1v) is 10.1. The Labute approximate surface area is 164 Å². The average Bonchev–Trinajstić information content (AvgIpc) is 2.59. The van der Waals surface area contributed by atoms with Gasteiger partial charge in [-0.3, -0.25) is 9.59 Å². The van der Waals surface area contributed by atoms with Gasteiger partial charge in [-0.2, -0.15) is 0 Å². The maximum Gasteiger partial charge on any atom is 0.312 e. The molecule has 2 atom stereocenters. The Morgan fingerprint density at radius 1 is 1.15 bits per heavy atom. The van der Waals surface area contributed by atoms with Gasteiger partial charge in [0.1, 0.15) is 0 Å². The third kappa shape index (κ3) is 3.99. The Hall–Kier alpha value is -1.59. The van der Waals surface area contributed by atoms with Crippen LogP contribution in [0.15, 0.2) is 24.3 Å². The van der Waals surface area contributed by atoms with Gasteiger partial charge in [0.25, 0.3) is 5.91 Å². The summed E-state index contributed by atoms with van der Waals surface area (Å²) in [6.07, 6.45) is 5.50. The van der Waals surface area contributed by atoms with Gasteiger partial charge >= 0.3 is 5.97 Å². The molecule has 0 heterocycles. The van der Waals surface area contributed by atoms with E-state index in [9.17, 15) is 14.7 Å². The van der Waals surface area contributed by atoms with Crippen LogP contribution in [0.25, 0.3) is 0 Å². The second-order valence-corrected chi connectivity index (χ2v) is 9.20. The van der Waals surface area contributed by atoms with Gasteiger partial charge in [0.2, 0.25) is 0 Å². The van der Waals surface area contributed by atoms with E-state index in [2.05, 4.69) is 5.32 Å². The second kappa shape index (κ2) is 7.10. The van der Waals surface area contributed by atoms with Crippen molar-refractivity contribution >= 4 is 23.5 Å². The van der Waals surface area contributed by atoms with Gasteiger partial charge in [0.05, 0.1) is 11.0 Å². The average molecular weight is 392 g/mol. The van der Waals surface area contributed by atoms with E-state index in [1.165, 1.54) is 0 Å². The summed E-state index contributed by atoms with van der Waals surface area (Å²) in [6.45, 7) is 0.224. The molecule has 0 aliphatic heterocycles. The molecule has 0 spiro atoms. The van der Waals surface area contributed by atoms with E-state index in [0.29, 0.717) is 36.2 Å². The molecular formula is C21H26ClNO4. The zero-order valence-electron chi connectivity index (χ0n) is 15.4. The summed E-state index contributed by atoms with van der Waals surface area (Å²) in [7, 11) is 0. The molecule has 0 unspecified atom stereocenters. The maximum atomic E-state index is 12.7.